The van der Waals surface area contributed by atoms with Crippen LogP contribution < -0.4 is 0 Å². The minimum absolute atomic E-state index is 0.0518. The first-order valence-corrected chi connectivity index (χ1v) is 7.05. The van der Waals surface area contributed by atoms with Crippen LogP contribution in [-0.2, 0) is 16.1 Å². The third kappa shape index (κ3) is 2.74. The summed E-state index contributed by atoms with van der Waals surface area (Å²) in [7, 11) is 0. The fourth-order valence-electron chi connectivity index (χ4n) is 2.79. The molecule has 1 aromatic heterocycles. The van der Waals surface area contributed by atoms with Gasteiger partial charge in [-0.3, -0.25) is 9.59 Å². The first-order valence-electron chi connectivity index (χ1n) is 7.05. The van der Waals surface area contributed by atoms with E-state index >= 15 is 0 Å². The Morgan fingerprint density at radius 2 is 2.14 bits per heavy atom. The number of benzene rings is 1. The Balaban J connectivity index is 1.72. The average Bonchev–Trinajstić information content (AvgIpc) is 2.91. The Hall–Kier alpha value is -2.37. The summed E-state index contributed by atoms with van der Waals surface area (Å²) in [5.74, 6) is -1.31. The van der Waals surface area contributed by atoms with Crippen LogP contribution in [0.4, 0.5) is 0 Å². The molecule has 1 amide bonds. The second-order valence-electron chi connectivity index (χ2n) is 5.38. The van der Waals surface area contributed by atoms with Crippen molar-refractivity contribution < 1.29 is 14.7 Å². The molecule has 1 fully saturated rings. The van der Waals surface area contributed by atoms with Gasteiger partial charge in [-0.05, 0) is 25.0 Å². The lowest BCUT2D eigenvalue weighted by Crippen LogP contribution is -2.43. The van der Waals surface area contributed by atoms with E-state index in [2.05, 4.69) is 4.98 Å². The monoisotopic (exact) mass is 287 g/mol. The third-order valence-corrected chi connectivity index (χ3v) is 3.96. The minimum atomic E-state index is -0.819. The number of likely N-dealkylation sites (tertiary alicyclic amines) is 1. The van der Waals surface area contributed by atoms with E-state index in [0.29, 0.717) is 19.5 Å². The fourth-order valence-corrected chi connectivity index (χ4v) is 2.79. The fraction of sp³-hybridized carbons (Fsp3) is 0.400. The number of aliphatic carboxylic acids is 1. The summed E-state index contributed by atoms with van der Waals surface area (Å²) in [4.78, 5) is 29.3. The van der Waals surface area contributed by atoms with Gasteiger partial charge in [-0.1, -0.05) is 12.1 Å². The molecule has 1 saturated heterocycles. The highest BCUT2D eigenvalue weighted by Gasteiger charge is 2.28. The molecule has 0 aliphatic carbocycles. The van der Waals surface area contributed by atoms with E-state index in [1.165, 1.54) is 0 Å². The average molecular weight is 287 g/mol. The van der Waals surface area contributed by atoms with Crippen molar-refractivity contribution in [3.05, 3.63) is 30.6 Å². The molecule has 0 radical (unpaired) electrons. The number of rotatable bonds is 3. The molecule has 6 heteroatoms. The molecular weight excluding hydrogens is 270 g/mol. The number of hydrogen-bond donors (Lipinski definition) is 1. The lowest BCUT2D eigenvalue weighted by Gasteiger charge is -2.30. The topological polar surface area (TPSA) is 75.4 Å². The van der Waals surface area contributed by atoms with E-state index in [0.717, 1.165) is 17.5 Å². The number of hydrogen-bond acceptors (Lipinski definition) is 3. The lowest BCUT2D eigenvalue weighted by atomic mass is 9.98. The van der Waals surface area contributed by atoms with Gasteiger partial charge in [0.2, 0.25) is 5.91 Å². The second-order valence-corrected chi connectivity index (χ2v) is 5.38. The van der Waals surface area contributed by atoms with E-state index in [9.17, 15) is 9.59 Å². The van der Waals surface area contributed by atoms with E-state index in [1.54, 1.807) is 11.2 Å². The van der Waals surface area contributed by atoms with Crippen LogP contribution in [-0.4, -0.2) is 44.5 Å². The Bertz CT molecular complexity index is 680. The molecule has 0 saturated carbocycles. The number of nitrogens with zero attached hydrogens (tertiary/aromatic N) is 3. The Labute approximate surface area is 122 Å². The predicted octanol–water partition coefficient (Wildman–Crippen LogP) is 1.36. The zero-order chi connectivity index (χ0) is 14.8. The molecule has 1 aliphatic heterocycles. The first kappa shape index (κ1) is 13.6. The largest absolute Gasteiger partial charge is 0.481 e. The van der Waals surface area contributed by atoms with Crippen molar-refractivity contribution in [2.75, 3.05) is 13.1 Å². The molecule has 1 aliphatic rings. The van der Waals surface area contributed by atoms with Crippen LogP contribution in [0.15, 0.2) is 30.6 Å². The van der Waals surface area contributed by atoms with Crippen LogP contribution in [0, 0.1) is 5.92 Å². The maximum Gasteiger partial charge on any atom is 0.308 e. The van der Waals surface area contributed by atoms with Gasteiger partial charge >= 0.3 is 5.97 Å². The van der Waals surface area contributed by atoms with Gasteiger partial charge in [0.05, 0.1) is 23.3 Å². The van der Waals surface area contributed by atoms with E-state index in [1.807, 2.05) is 28.8 Å². The van der Waals surface area contributed by atoms with Crippen molar-refractivity contribution in [3.63, 3.8) is 0 Å². The molecule has 6 nitrogen and oxygen atoms in total. The molecule has 21 heavy (non-hydrogen) atoms. The summed E-state index contributed by atoms with van der Waals surface area (Å²) in [6.45, 7) is 1.14. The van der Waals surface area contributed by atoms with Gasteiger partial charge in [0.25, 0.3) is 0 Å². The van der Waals surface area contributed by atoms with Gasteiger partial charge in [-0.25, -0.2) is 4.98 Å². The van der Waals surface area contributed by atoms with Gasteiger partial charge in [0.15, 0.2) is 0 Å². The number of carboxylic acid groups (broad SMARTS) is 1. The number of aromatic nitrogens is 2. The molecular formula is C15H17N3O3. The number of fused-ring (bicyclic) bond motifs is 1. The number of amides is 1. The van der Waals surface area contributed by atoms with Gasteiger partial charge in [-0.15, -0.1) is 0 Å². The van der Waals surface area contributed by atoms with Crippen molar-refractivity contribution in [2.45, 2.75) is 19.4 Å². The van der Waals surface area contributed by atoms with Crippen molar-refractivity contribution in [1.29, 1.82) is 0 Å². The summed E-state index contributed by atoms with van der Waals surface area (Å²) in [6.07, 6.45) is 3.04. The Morgan fingerprint density at radius 3 is 2.95 bits per heavy atom. The van der Waals surface area contributed by atoms with Crippen LogP contribution in [0.2, 0.25) is 0 Å². The quantitative estimate of drug-likeness (QED) is 0.925. The smallest absolute Gasteiger partial charge is 0.308 e. The van der Waals surface area contributed by atoms with Gasteiger partial charge < -0.3 is 14.6 Å². The summed E-state index contributed by atoms with van der Waals surface area (Å²) in [6, 6.07) is 7.64. The number of para-hydroxylation sites is 2. The number of piperidine rings is 1. The maximum atomic E-state index is 12.4. The van der Waals surface area contributed by atoms with Crippen molar-refractivity contribution in [3.8, 4) is 0 Å². The molecule has 110 valence electrons. The van der Waals surface area contributed by atoms with Crippen molar-refractivity contribution in [2.24, 2.45) is 5.92 Å². The zero-order valence-corrected chi connectivity index (χ0v) is 11.6. The highest BCUT2D eigenvalue weighted by atomic mass is 16.4. The van der Waals surface area contributed by atoms with Crippen LogP contribution in [0.25, 0.3) is 11.0 Å². The highest BCUT2D eigenvalue weighted by Crippen LogP contribution is 2.18. The summed E-state index contributed by atoms with van der Waals surface area (Å²) in [5.41, 5.74) is 1.77. The summed E-state index contributed by atoms with van der Waals surface area (Å²) in [5, 5.41) is 9.08. The van der Waals surface area contributed by atoms with Gasteiger partial charge in [-0.2, -0.15) is 0 Å². The van der Waals surface area contributed by atoms with Crippen LogP contribution >= 0.6 is 0 Å². The molecule has 1 atom stereocenters. The molecule has 3 rings (SSSR count). The van der Waals surface area contributed by atoms with Crippen molar-refractivity contribution in [1.82, 2.24) is 14.5 Å². The minimum Gasteiger partial charge on any atom is -0.481 e. The van der Waals surface area contributed by atoms with Crippen LogP contribution in [0.1, 0.15) is 12.8 Å². The SMILES string of the molecule is O=C(O)[C@H]1CCCN(C(=O)Cn2cnc3ccccc32)C1. The first-order chi connectivity index (χ1) is 10.1. The van der Waals surface area contributed by atoms with E-state index in [4.69, 9.17) is 5.11 Å². The molecule has 0 bridgehead atoms. The summed E-state index contributed by atoms with van der Waals surface area (Å²) < 4.78 is 1.81. The maximum absolute atomic E-state index is 12.4. The molecule has 2 heterocycles. The van der Waals surface area contributed by atoms with Crippen molar-refractivity contribution >= 4 is 22.9 Å². The lowest BCUT2D eigenvalue weighted by molar-refractivity contribution is -0.145. The number of carbonyl (C=O) groups is 2. The summed E-state index contributed by atoms with van der Waals surface area (Å²) >= 11 is 0. The number of carboxylic acids is 1. The van der Waals surface area contributed by atoms with Gasteiger partial charge in [0, 0.05) is 13.1 Å². The molecule has 0 unspecified atom stereocenters. The molecule has 0 spiro atoms. The Kier molecular flexibility index (Phi) is 3.60. The number of imidazole rings is 1. The normalized spacial score (nSPS) is 18.9. The molecule has 1 N–H and O–H groups in total. The van der Waals surface area contributed by atoms with Crippen LogP contribution in [0.3, 0.4) is 0 Å². The van der Waals surface area contributed by atoms with E-state index < -0.39 is 11.9 Å². The highest BCUT2D eigenvalue weighted by molar-refractivity contribution is 5.81. The molecule has 1 aromatic carbocycles. The number of carbonyl (C=O) groups excluding carboxylic acids is 1. The predicted molar refractivity (Wildman–Crippen MR) is 76.7 cm³/mol. The van der Waals surface area contributed by atoms with Crippen LogP contribution in [0.5, 0.6) is 0 Å². The zero-order valence-electron chi connectivity index (χ0n) is 11.6. The Morgan fingerprint density at radius 1 is 1.33 bits per heavy atom. The van der Waals surface area contributed by atoms with E-state index in [-0.39, 0.29) is 12.5 Å². The van der Waals surface area contributed by atoms with Gasteiger partial charge in [0.1, 0.15) is 6.54 Å². The third-order valence-electron chi connectivity index (χ3n) is 3.96. The molecule has 2 aromatic rings. The second kappa shape index (κ2) is 5.55. The standard InChI is InChI=1S/C15H17N3O3/c19-14(17-7-3-4-11(8-17)15(20)21)9-18-10-16-12-5-1-2-6-13(12)18/h1-2,5-6,10-11H,3-4,7-9H2,(H,20,21)/t11-/m0/s1.